The van der Waals surface area contributed by atoms with Crippen LogP contribution < -0.4 is 10.1 Å². The van der Waals surface area contributed by atoms with E-state index in [1.165, 1.54) is 6.07 Å². The summed E-state index contributed by atoms with van der Waals surface area (Å²) >= 11 is 0. The average molecular weight is 347 g/mol. The highest BCUT2D eigenvalue weighted by Crippen LogP contribution is 2.35. The number of amides is 1. The second-order valence-corrected chi connectivity index (χ2v) is 5.92. The first kappa shape index (κ1) is 20.3. The Morgan fingerprint density at radius 1 is 1.25 bits per heavy atom. The number of alkyl halides is 3. The lowest BCUT2D eigenvalue weighted by Gasteiger charge is -2.18. The molecule has 0 saturated heterocycles. The zero-order valence-corrected chi connectivity index (χ0v) is 14.4. The predicted octanol–water partition coefficient (Wildman–Crippen LogP) is 4.49. The molecule has 0 radical (unpaired) electrons. The van der Waals surface area contributed by atoms with Crippen molar-refractivity contribution < 1.29 is 27.4 Å². The van der Waals surface area contributed by atoms with Crippen LogP contribution in [0.25, 0.3) is 0 Å². The van der Waals surface area contributed by atoms with Crippen LogP contribution in [-0.2, 0) is 15.7 Å². The summed E-state index contributed by atoms with van der Waals surface area (Å²) in [5, 5.41) is 2.47. The number of anilines is 1. The van der Waals surface area contributed by atoms with Crippen molar-refractivity contribution in [1.82, 2.24) is 0 Å². The predicted molar refractivity (Wildman–Crippen MR) is 86.1 cm³/mol. The molecular formula is C17H24F3NO3. The van der Waals surface area contributed by atoms with Crippen LogP contribution in [0.1, 0.15) is 39.7 Å². The van der Waals surface area contributed by atoms with E-state index in [4.69, 9.17) is 9.47 Å². The first-order chi connectivity index (χ1) is 11.1. The van der Waals surface area contributed by atoms with Gasteiger partial charge in [0.05, 0.1) is 17.9 Å². The zero-order chi connectivity index (χ0) is 18.3. The number of benzene rings is 1. The largest absolute Gasteiger partial charge is 0.491 e. The van der Waals surface area contributed by atoms with Gasteiger partial charge in [-0.25, -0.2) is 0 Å². The van der Waals surface area contributed by atoms with Gasteiger partial charge in [0.25, 0.3) is 5.91 Å². The second kappa shape index (κ2) is 8.92. The fourth-order valence-electron chi connectivity index (χ4n) is 1.79. The van der Waals surface area contributed by atoms with Crippen LogP contribution in [0.4, 0.5) is 18.9 Å². The lowest BCUT2D eigenvalue weighted by atomic mass is 10.1. The molecule has 4 nitrogen and oxygen atoms in total. The van der Waals surface area contributed by atoms with Gasteiger partial charge in [0, 0.05) is 6.61 Å². The molecule has 0 fully saturated rings. The quantitative estimate of drug-likeness (QED) is 0.753. The Kier molecular flexibility index (Phi) is 7.54. The van der Waals surface area contributed by atoms with Gasteiger partial charge in [-0.05, 0) is 37.5 Å². The standard InChI is InChI=1S/C17H24F3NO3/c1-5-8-23-15-7-6-13(17(18,19)20)9-14(15)21-16(22)12(4)24-10-11(2)3/h6-7,9,11-12H,5,8,10H2,1-4H3,(H,21,22)/t12-/m0/s1. The SMILES string of the molecule is CCCOc1ccc(C(F)(F)F)cc1NC(=O)[C@H](C)OCC(C)C. The highest BCUT2D eigenvalue weighted by Gasteiger charge is 2.31. The minimum atomic E-state index is -4.50. The van der Waals surface area contributed by atoms with Gasteiger partial charge in [-0.15, -0.1) is 0 Å². The van der Waals surface area contributed by atoms with Gasteiger partial charge < -0.3 is 14.8 Å². The Labute approximate surface area is 140 Å². The molecule has 7 heteroatoms. The van der Waals surface area contributed by atoms with Gasteiger partial charge in [-0.2, -0.15) is 13.2 Å². The maximum absolute atomic E-state index is 12.9. The third-order valence-electron chi connectivity index (χ3n) is 3.08. The summed E-state index contributed by atoms with van der Waals surface area (Å²) in [6.45, 7) is 8.04. The number of carbonyl (C=O) groups excluding carboxylic acids is 1. The summed E-state index contributed by atoms with van der Waals surface area (Å²) in [7, 11) is 0. The molecule has 0 heterocycles. The monoisotopic (exact) mass is 347 g/mol. The maximum Gasteiger partial charge on any atom is 0.416 e. The number of carbonyl (C=O) groups is 1. The Bertz CT molecular complexity index is 544. The zero-order valence-electron chi connectivity index (χ0n) is 14.4. The molecule has 0 bridgehead atoms. The molecule has 1 amide bonds. The normalized spacial score (nSPS) is 13.0. The van der Waals surface area contributed by atoms with E-state index < -0.39 is 23.8 Å². The van der Waals surface area contributed by atoms with Gasteiger partial charge in [0.15, 0.2) is 0 Å². The van der Waals surface area contributed by atoms with E-state index in [1.807, 2.05) is 20.8 Å². The number of hydrogen-bond donors (Lipinski definition) is 1. The van der Waals surface area contributed by atoms with Crippen LogP contribution in [0.2, 0.25) is 0 Å². The average Bonchev–Trinajstić information content (AvgIpc) is 2.50. The van der Waals surface area contributed by atoms with Crippen molar-refractivity contribution in [3.8, 4) is 5.75 Å². The topological polar surface area (TPSA) is 47.6 Å². The van der Waals surface area contributed by atoms with Gasteiger partial charge in [0.1, 0.15) is 11.9 Å². The van der Waals surface area contributed by atoms with Crippen molar-refractivity contribution >= 4 is 11.6 Å². The molecule has 0 unspecified atom stereocenters. The Hall–Kier alpha value is -1.76. The lowest BCUT2D eigenvalue weighted by molar-refractivity contribution is -0.137. The third kappa shape index (κ3) is 6.39. The molecular weight excluding hydrogens is 323 g/mol. The maximum atomic E-state index is 12.9. The molecule has 1 aromatic carbocycles. The first-order valence-electron chi connectivity index (χ1n) is 7.91. The van der Waals surface area contributed by atoms with Crippen LogP contribution in [0.3, 0.4) is 0 Å². The molecule has 0 aliphatic rings. The summed E-state index contributed by atoms with van der Waals surface area (Å²) in [4.78, 5) is 12.1. The third-order valence-corrected chi connectivity index (χ3v) is 3.08. The molecule has 136 valence electrons. The highest BCUT2D eigenvalue weighted by molar-refractivity contribution is 5.95. The molecule has 1 aromatic rings. The van der Waals surface area contributed by atoms with Crippen LogP contribution in [-0.4, -0.2) is 25.2 Å². The van der Waals surface area contributed by atoms with Gasteiger partial charge >= 0.3 is 6.18 Å². The van der Waals surface area contributed by atoms with Crippen molar-refractivity contribution in [2.75, 3.05) is 18.5 Å². The number of ether oxygens (including phenoxy) is 2. The summed E-state index contributed by atoms with van der Waals surface area (Å²) in [5.74, 6) is -0.0668. The Morgan fingerprint density at radius 2 is 1.92 bits per heavy atom. The molecule has 1 N–H and O–H groups in total. The molecule has 24 heavy (non-hydrogen) atoms. The van der Waals surface area contributed by atoms with Crippen LogP contribution in [0.5, 0.6) is 5.75 Å². The molecule has 0 spiro atoms. The van der Waals surface area contributed by atoms with E-state index in [0.29, 0.717) is 19.6 Å². The van der Waals surface area contributed by atoms with E-state index >= 15 is 0 Å². The summed E-state index contributed by atoms with van der Waals surface area (Å²) in [6, 6.07) is 3.02. The highest BCUT2D eigenvalue weighted by atomic mass is 19.4. The van der Waals surface area contributed by atoms with Gasteiger partial charge in [0.2, 0.25) is 0 Å². The molecule has 1 atom stereocenters. The number of rotatable bonds is 8. The molecule has 0 aliphatic carbocycles. The van der Waals surface area contributed by atoms with Crippen molar-refractivity contribution in [2.24, 2.45) is 5.92 Å². The van der Waals surface area contributed by atoms with E-state index in [2.05, 4.69) is 5.32 Å². The van der Waals surface area contributed by atoms with E-state index in [9.17, 15) is 18.0 Å². The fourth-order valence-corrected chi connectivity index (χ4v) is 1.79. The molecule has 0 aliphatic heterocycles. The van der Waals surface area contributed by atoms with Gasteiger partial charge in [-0.1, -0.05) is 20.8 Å². The number of hydrogen-bond acceptors (Lipinski definition) is 3. The van der Waals surface area contributed by atoms with Crippen molar-refractivity contribution in [2.45, 2.75) is 46.4 Å². The number of halogens is 3. The smallest absolute Gasteiger partial charge is 0.416 e. The Balaban J connectivity index is 2.94. The number of nitrogens with one attached hydrogen (secondary N) is 1. The minimum Gasteiger partial charge on any atom is -0.491 e. The molecule has 0 aromatic heterocycles. The van der Waals surface area contributed by atoms with E-state index in [1.54, 1.807) is 6.92 Å². The van der Waals surface area contributed by atoms with Crippen molar-refractivity contribution in [3.05, 3.63) is 23.8 Å². The van der Waals surface area contributed by atoms with Crippen molar-refractivity contribution in [3.63, 3.8) is 0 Å². The lowest BCUT2D eigenvalue weighted by Crippen LogP contribution is -2.29. The fraction of sp³-hybridized carbons (Fsp3) is 0.588. The summed E-state index contributed by atoms with van der Waals surface area (Å²) in [6.07, 6.45) is -4.58. The van der Waals surface area contributed by atoms with E-state index in [0.717, 1.165) is 12.1 Å². The second-order valence-electron chi connectivity index (χ2n) is 5.92. The Morgan fingerprint density at radius 3 is 2.46 bits per heavy atom. The van der Waals surface area contributed by atoms with Gasteiger partial charge in [-0.3, -0.25) is 4.79 Å². The van der Waals surface area contributed by atoms with Crippen LogP contribution in [0, 0.1) is 5.92 Å². The molecule has 0 saturated carbocycles. The van der Waals surface area contributed by atoms with Crippen LogP contribution in [0.15, 0.2) is 18.2 Å². The molecule has 1 rings (SSSR count). The minimum absolute atomic E-state index is 0.0109. The van der Waals surface area contributed by atoms with Crippen LogP contribution >= 0.6 is 0 Å². The summed E-state index contributed by atoms with van der Waals surface area (Å²) in [5.41, 5.74) is -0.860. The summed E-state index contributed by atoms with van der Waals surface area (Å²) < 4.78 is 49.4. The van der Waals surface area contributed by atoms with E-state index in [-0.39, 0.29) is 17.4 Å². The van der Waals surface area contributed by atoms with Crippen molar-refractivity contribution in [1.29, 1.82) is 0 Å². The first-order valence-corrected chi connectivity index (χ1v) is 7.91.